The van der Waals surface area contributed by atoms with Gasteiger partial charge in [-0.2, -0.15) is 18.3 Å². The van der Waals surface area contributed by atoms with Crippen LogP contribution >= 0.6 is 0 Å². The zero-order valence-electron chi connectivity index (χ0n) is 27.2. The third-order valence-electron chi connectivity index (χ3n) is 7.37. The normalized spacial score (nSPS) is 22.6. The minimum atomic E-state index is -4.70. The number of nitrogens with one attached hydrogen (secondary N) is 2. The first-order valence-corrected chi connectivity index (χ1v) is 13.3. The second-order valence-corrected chi connectivity index (χ2v) is 11.1. The summed E-state index contributed by atoms with van der Waals surface area (Å²) in [6.07, 6.45) is -1.19. The molecular weight excluding hydrogens is 583 g/mol. The molecule has 2 atom stereocenters. The number of fused-ring (bicyclic) bond motifs is 1. The molecule has 5 rings (SSSR count). The number of hydrogen-bond donors (Lipinski definition) is 2. The quantitative estimate of drug-likeness (QED) is 0.305. The van der Waals surface area contributed by atoms with E-state index in [1.54, 1.807) is 0 Å². The molecule has 43 heavy (non-hydrogen) atoms. The van der Waals surface area contributed by atoms with Crippen molar-refractivity contribution < 1.29 is 46.4 Å². The standard InChI is InChI=1S/C26H31F5N8O4/c1-24(2,26(29,30)31)7-6-16(35-22(40)21-20(14-4-5-14)36-43-37-21)17-10-39-19(34-17)8-15(9-33-39)18(11-42-3)38-13-25(27,28)12-32-23(38)41/h8-10,14,16,18H,4-7,11-13H2,1-3H3,(H,32,41)(H,35,40)/t16-,18+/m0/s1/i12D2,13D2. The lowest BCUT2D eigenvalue weighted by atomic mass is 9.85. The van der Waals surface area contributed by atoms with Crippen LogP contribution < -0.4 is 10.6 Å². The van der Waals surface area contributed by atoms with Crippen LogP contribution in [0.15, 0.2) is 23.1 Å². The number of amides is 3. The van der Waals surface area contributed by atoms with E-state index in [9.17, 15) is 31.5 Å². The molecule has 1 aliphatic heterocycles. The Morgan fingerprint density at radius 2 is 2.07 bits per heavy atom. The first-order chi connectivity index (χ1) is 21.7. The second kappa shape index (κ2) is 11.3. The molecule has 2 aliphatic rings. The molecule has 17 heteroatoms. The zero-order valence-corrected chi connectivity index (χ0v) is 23.2. The fourth-order valence-electron chi connectivity index (χ4n) is 4.52. The summed E-state index contributed by atoms with van der Waals surface area (Å²) in [4.78, 5) is 30.6. The summed E-state index contributed by atoms with van der Waals surface area (Å²) in [6.45, 7) is -6.00. The highest BCUT2D eigenvalue weighted by atomic mass is 19.4. The molecule has 12 nitrogen and oxygen atoms in total. The van der Waals surface area contributed by atoms with Gasteiger partial charge in [-0.3, -0.25) is 4.79 Å². The van der Waals surface area contributed by atoms with Gasteiger partial charge in [-0.1, -0.05) is 19.0 Å². The van der Waals surface area contributed by atoms with E-state index in [4.69, 9.17) is 14.8 Å². The van der Waals surface area contributed by atoms with Crippen molar-refractivity contribution in [2.24, 2.45) is 5.41 Å². The average molecular weight is 619 g/mol. The summed E-state index contributed by atoms with van der Waals surface area (Å²) >= 11 is 0. The average Bonchev–Trinajstić information content (AvgIpc) is 3.52. The molecule has 0 spiro atoms. The first-order valence-electron chi connectivity index (χ1n) is 15.3. The highest BCUT2D eigenvalue weighted by Crippen LogP contribution is 2.43. The summed E-state index contributed by atoms with van der Waals surface area (Å²) in [7, 11) is 1.18. The van der Waals surface area contributed by atoms with E-state index in [0.29, 0.717) is 5.69 Å². The molecule has 0 bridgehead atoms. The lowest BCUT2D eigenvalue weighted by molar-refractivity contribution is -0.214. The van der Waals surface area contributed by atoms with Gasteiger partial charge in [0.15, 0.2) is 11.3 Å². The molecule has 0 radical (unpaired) electrons. The van der Waals surface area contributed by atoms with Crippen LogP contribution in [0.25, 0.3) is 5.65 Å². The Labute approximate surface area is 247 Å². The number of imidazole rings is 1. The van der Waals surface area contributed by atoms with Crippen LogP contribution in [-0.4, -0.2) is 80.6 Å². The Morgan fingerprint density at radius 1 is 1.33 bits per heavy atom. The van der Waals surface area contributed by atoms with Crippen molar-refractivity contribution in [1.29, 1.82) is 0 Å². The Morgan fingerprint density at radius 3 is 2.74 bits per heavy atom. The summed E-state index contributed by atoms with van der Waals surface area (Å²) in [5.41, 5.74) is -1.84. The maximum Gasteiger partial charge on any atom is 0.393 e. The number of alkyl halides is 5. The van der Waals surface area contributed by atoms with Crippen molar-refractivity contribution >= 4 is 17.6 Å². The van der Waals surface area contributed by atoms with Gasteiger partial charge < -0.3 is 20.3 Å². The molecule has 1 saturated heterocycles. The van der Waals surface area contributed by atoms with Crippen LogP contribution in [0.5, 0.6) is 0 Å². The SMILES string of the molecule is [2H]C1([2H])NC(=O)N([C@H](COC)c2cnn3cc([C@H](CCC(C)(C)C(F)(F)F)NC(=O)c4nonc4C4CC4)nc3c2)C([2H])([2H])C1(F)F. The van der Waals surface area contributed by atoms with E-state index in [-0.39, 0.29) is 39.8 Å². The molecular formula is C26H31F5N8O4. The molecule has 4 heterocycles. The van der Waals surface area contributed by atoms with E-state index in [1.807, 2.05) is 0 Å². The molecule has 3 amide bonds. The molecule has 1 aliphatic carbocycles. The summed E-state index contributed by atoms with van der Waals surface area (Å²) in [5.74, 6) is -5.46. The number of urea groups is 1. The van der Waals surface area contributed by atoms with Crippen molar-refractivity contribution in [3.05, 3.63) is 41.1 Å². The molecule has 0 aromatic carbocycles. The molecule has 1 saturated carbocycles. The summed E-state index contributed by atoms with van der Waals surface area (Å²) < 4.78 is 113. The zero-order chi connectivity index (χ0) is 34.7. The minimum absolute atomic E-state index is 0.00905. The van der Waals surface area contributed by atoms with Gasteiger partial charge in [0.25, 0.3) is 11.8 Å². The Balaban J connectivity index is 1.49. The van der Waals surface area contributed by atoms with Crippen LogP contribution in [0.4, 0.5) is 26.7 Å². The van der Waals surface area contributed by atoms with Gasteiger partial charge in [0.1, 0.15) is 5.69 Å². The third kappa shape index (κ3) is 6.55. The number of nitrogens with zero attached hydrogens (tertiary/aromatic N) is 6. The number of aromatic nitrogens is 5. The van der Waals surface area contributed by atoms with Crippen molar-refractivity contribution in [3.8, 4) is 0 Å². The molecule has 2 N–H and O–H groups in total. The number of hydrogen-bond acceptors (Lipinski definition) is 8. The van der Waals surface area contributed by atoms with Gasteiger partial charge in [0, 0.05) is 18.6 Å². The predicted octanol–water partition coefficient (Wildman–Crippen LogP) is 4.18. The van der Waals surface area contributed by atoms with Gasteiger partial charge in [0.2, 0.25) is 0 Å². The number of ether oxygens (including phenoxy) is 1. The highest BCUT2D eigenvalue weighted by molar-refractivity contribution is 5.93. The van der Waals surface area contributed by atoms with Gasteiger partial charge in [-0.05, 0) is 36.9 Å². The molecule has 0 unspecified atom stereocenters. The van der Waals surface area contributed by atoms with Crippen molar-refractivity contribution in [2.45, 2.75) is 69.6 Å². The number of rotatable bonds is 11. The fraction of sp³-hybridized carbons (Fsp3) is 0.615. The van der Waals surface area contributed by atoms with Crippen molar-refractivity contribution in [1.82, 2.24) is 40.4 Å². The smallest absolute Gasteiger partial charge is 0.382 e. The Kier molecular flexibility index (Phi) is 6.73. The van der Waals surface area contributed by atoms with Crippen LogP contribution in [0.1, 0.15) is 90.5 Å². The Hall–Kier alpha value is -3.89. The first kappa shape index (κ1) is 25.6. The van der Waals surface area contributed by atoms with E-state index in [2.05, 4.69) is 25.7 Å². The maximum absolute atomic E-state index is 15.0. The summed E-state index contributed by atoms with van der Waals surface area (Å²) in [6, 6.07) is -2.86. The number of carbonyl (C=O) groups is 2. The lowest BCUT2D eigenvalue weighted by Crippen LogP contribution is -2.58. The van der Waals surface area contributed by atoms with Crippen molar-refractivity contribution in [3.63, 3.8) is 0 Å². The van der Waals surface area contributed by atoms with Crippen LogP contribution in [0, 0.1) is 5.41 Å². The van der Waals surface area contributed by atoms with Gasteiger partial charge >= 0.3 is 12.2 Å². The van der Waals surface area contributed by atoms with Crippen LogP contribution in [-0.2, 0) is 4.74 Å². The predicted molar refractivity (Wildman–Crippen MR) is 138 cm³/mol. The number of halogens is 5. The van der Waals surface area contributed by atoms with Gasteiger partial charge in [-0.15, -0.1) is 0 Å². The molecule has 3 aromatic heterocycles. The van der Waals surface area contributed by atoms with E-state index in [0.717, 1.165) is 32.9 Å². The number of carbonyl (C=O) groups excluding carboxylic acids is 2. The topological polar surface area (TPSA) is 140 Å². The van der Waals surface area contributed by atoms with E-state index >= 15 is 0 Å². The fourth-order valence-corrected chi connectivity index (χ4v) is 4.52. The summed E-state index contributed by atoms with van der Waals surface area (Å²) in [5, 5.41) is 15.8. The molecule has 2 fully saturated rings. The Bertz CT molecular complexity index is 1660. The molecule has 234 valence electrons. The second-order valence-electron chi connectivity index (χ2n) is 11.1. The third-order valence-corrected chi connectivity index (χ3v) is 7.37. The van der Waals surface area contributed by atoms with Gasteiger partial charge in [0.05, 0.1) is 60.7 Å². The van der Waals surface area contributed by atoms with Crippen LogP contribution in [0.2, 0.25) is 0 Å². The maximum atomic E-state index is 15.0. The number of methoxy groups -OCH3 is 1. The molecule has 3 aromatic rings. The monoisotopic (exact) mass is 618 g/mol. The van der Waals surface area contributed by atoms with E-state index < -0.39 is 67.6 Å². The highest BCUT2D eigenvalue weighted by Gasteiger charge is 2.47. The van der Waals surface area contributed by atoms with Crippen LogP contribution in [0.3, 0.4) is 0 Å². The minimum Gasteiger partial charge on any atom is -0.382 e. The van der Waals surface area contributed by atoms with E-state index in [1.165, 1.54) is 29.2 Å². The van der Waals surface area contributed by atoms with Crippen molar-refractivity contribution in [2.75, 3.05) is 26.7 Å². The largest absolute Gasteiger partial charge is 0.393 e. The lowest BCUT2D eigenvalue weighted by Gasteiger charge is -2.38. The van der Waals surface area contributed by atoms with Gasteiger partial charge in [-0.25, -0.2) is 27.7 Å².